The van der Waals surface area contributed by atoms with Crippen molar-refractivity contribution >= 4 is 17.8 Å². The number of amides is 1. The molecular formula is C36H69NO5. The van der Waals surface area contributed by atoms with E-state index in [-0.39, 0.29) is 12.0 Å². The Morgan fingerprint density at radius 1 is 0.548 bits per heavy atom. The van der Waals surface area contributed by atoms with E-state index >= 15 is 0 Å². The molecule has 0 bridgehead atoms. The van der Waals surface area contributed by atoms with Crippen molar-refractivity contribution in [3.8, 4) is 0 Å². The van der Waals surface area contributed by atoms with Crippen LogP contribution < -0.4 is 5.32 Å². The number of rotatable bonds is 32. The van der Waals surface area contributed by atoms with Crippen LogP contribution in [0.3, 0.4) is 0 Å². The van der Waals surface area contributed by atoms with Crippen LogP contribution in [0.4, 0.5) is 0 Å². The van der Waals surface area contributed by atoms with Crippen molar-refractivity contribution in [1.82, 2.24) is 5.32 Å². The van der Waals surface area contributed by atoms with E-state index in [1.807, 2.05) is 0 Å². The molecule has 0 heterocycles. The first-order chi connectivity index (χ1) is 20.4. The zero-order valence-electron chi connectivity index (χ0n) is 28.0. The predicted octanol–water partition coefficient (Wildman–Crippen LogP) is 10.5. The molecule has 2 N–H and O–H groups in total. The van der Waals surface area contributed by atoms with Gasteiger partial charge in [0.15, 0.2) is 0 Å². The van der Waals surface area contributed by atoms with Gasteiger partial charge in [-0.1, -0.05) is 156 Å². The highest BCUT2D eigenvalue weighted by Crippen LogP contribution is 2.18. The summed E-state index contributed by atoms with van der Waals surface area (Å²) in [7, 11) is 0. The van der Waals surface area contributed by atoms with Crippen LogP contribution in [0.2, 0.25) is 0 Å². The van der Waals surface area contributed by atoms with Crippen LogP contribution in [0, 0.1) is 0 Å². The minimum absolute atomic E-state index is 0.209. The summed E-state index contributed by atoms with van der Waals surface area (Å²) >= 11 is 0. The number of nitrogens with one attached hydrogen (secondary N) is 1. The molecule has 2 atom stereocenters. The summed E-state index contributed by atoms with van der Waals surface area (Å²) in [6.45, 7) is 6.67. The summed E-state index contributed by atoms with van der Waals surface area (Å²) in [6.07, 6.45) is 29.9. The Morgan fingerprint density at radius 3 is 1.29 bits per heavy atom. The molecule has 0 aliphatic heterocycles. The van der Waals surface area contributed by atoms with Crippen LogP contribution in [0.25, 0.3) is 0 Å². The van der Waals surface area contributed by atoms with E-state index in [2.05, 4.69) is 26.1 Å². The van der Waals surface area contributed by atoms with Gasteiger partial charge in [0.25, 0.3) is 0 Å². The molecule has 0 rings (SSSR count). The number of esters is 1. The lowest BCUT2D eigenvalue weighted by molar-refractivity contribution is -0.156. The topological polar surface area (TPSA) is 92.7 Å². The van der Waals surface area contributed by atoms with E-state index in [4.69, 9.17) is 4.74 Å². The summed E-state index contributed by atoms with van der Waals surface area (Å²) in [5.41, 5.74) is 0. The number of aliphatic carboxylic acids is 1. The third-order valence-corrected chi connectivity index (χ3v) is 8.30. The van der Waals surface area contributed by atoms with Gasteiger partial charge in [0.2, 0.25) is 5.91 Å². The molecule has 0 fully saturated rings. The molecule has 6 nitrogen and oxygen atoms in total. The van der Waals surface area contributed by atoms with Gasteiger partial charge >= 0.3 is 11.9 Å². The average molecular weight is 596 g/mol. The van der Waals surface area contributed by atoms with Gasteiger partial charge in [0.05, 0.1) is 6.42 Å². The molecule has 0 aromatic carbocycles. The summed E-state index contributed by atoms with van der Waals surface area (Å²) in [4.78, 5) is 37.2. The van der Waals surface area contributed by atoms with Gasteiger partial charge in [0.1, 0.15) is 12.1 Å². The van der Waals surface area contributed by atoms with Gasteiger partial charge in [-0.3, -0.25) is 9.59 Å². The quantitative estimate of drug-likeness (QED) is 0.0596. The number of carboxylic acids is 1. The maximum atomic E-state index is 13.1. The van der Waals surface area contributed by atoms with Crippen LogP contribution in [0.5, 0.6) is 0 Å². The van der Waals surface area contributed by atoms with Gasteiger partial charge in [0, 0.05) is 6.42 Å². The molecule has 0 aliphatic carbocycles. The van der Waals surface area contributed by atoms with E-state index in [1.54, 1.807) is 0 Å². The van der Waals surface area contributed by atoms with Crippen LogP contribution in [0.15, 0.2) is 0 Å². The summed E-state index contributed by atoms with van der Waals surface area (Å²) in [5.74, 6) is -1.95. The van der Waals surface area contributed by atoms with Crippen molar-refractivity contribution < 1.29 is 24.2 Å². The number of unbranched alkanes of at least 4 members (excludes halogenated alkanes) is 21. The Balaban J connectivity index is 4.64. The highest BCUT2D eigenvalue weighted by atomic mass is 16.5. The van der Waals surface area contributed by atoms with Gasteiger partial charge < -0.3 is 15.2 Å². The highest BCUT2D eigenvalue weighted by molar-refractivity contribution is 5.87. The van der Waals surface area contributed by atoms with Crippen LogP contribution >= 0.6 is 0 Å². The third kappa shape index (κ3) is 27.3. The van der Waals surface area contributed by atoms with Crippen molar-refractivity contribution in [2.45, 2.75) is 213 Å². The lowest BCUT2D eigenvalue weighted by Crippen LogP contribution is -2.44. The van der Waals surface area contributed by atoms with E-state index in [9.17, 15) is 19.5 Å². The van der Waals surface area contributed by atoms with E-state index in [1.165, 1.54) is 109 Å². The Hall–Kier alpha value is -1.59. The molecule has 0 aromatic rings. The first-order valence-electron chi connectivity index (χ1n) is 18.2. The third-order valence-electron chi connectivity index (χ3n) is 8.30. The zero-order chi connectivity index (χ0) is 31.1. The second-order valence-corrected chi connectivity index (χ2v) is 12.5. The SMILES string of the molecule is CCCCCCCCCCCC(=O)N[C@@H](CC(=O)O)C(=O)OC(CCCCCCCC)CCCCCCCCCCC. The Kier molecular flexibility index (Phi) is 29.7. The first kappa shape index (κ1) is 40.4. The van der Waals surface area contributed by atoms with E-state index < -0.39 is 24.4 Å². The normalized spacial score (nSPS) is 12.6. The Bertz CT molecular complexity index is 638. The second kappa shape index (κ2) is 30.9. The number of ether oxygens (including phenoxy) is 1. The minimum atomic E-state index is -1.12. The number of hydrogen-bond donors (Lipinski definition) is 2. The molecule has 0 aliphatic rings. The maximum Gasteiger partial charge on any atom is 0.329 e. The monoisotopic (exact) mass is 596 g/mol. The zero-order valence-corrected chi connectivity index (χ0v) is 28.0. The first-order valence-corrected chi connectivity index (χ1v) is 18.2. The van der Waals surface area contributed by atoms with Crippen molar-refractivity contribution in [2.24, 2.45) is 0 Å². The summed E-state index contributed by atoms with van der Waals surface area (Å²) < 4.78 is 5.90. The second-order valence-electron chi connectivity index (χ2n) is 12.5. The predicted molar refractivity (Wildman–Crippen MR) is 176 cm³/mol. The molecule has 0 radical (unpaired) electrons. The fourth-order valence-electron chi connectivity index (χ4n) is 5.57. The van der Waals surface area contributed by atoms with E-state index in [0.717, 1.165) is 57.8 Å². The Morgan fingerprint density at radius 2 is 0.905 bits per heavy atom. The lowest BCUT2D eigenvalue weighted by Gasteiger charge is -2.22. The molecule has 0 saturated heterocycles. The molecule has 1 amide bonds. The minimum Gasteiger partial charge on any atom is -0.481 e. The van der Waals surface area contributed by atoms with Gasteiger partial charge in [-0.25, -0.2) is 4.79 Å². The van der Waals surface area contributed by atoms with Gasteiger partial charge in [-0.2, -0.15) is 0 Å². The molecule has 0 spiro atoms. The maximum absolute atomic E-state index is 13.1. The van der Waals surface area contributed by atoms with Crippen LogP contribution in [-0.4, -0.2) is 35.1 Å². The van der Waals surface area contributed by atoms with Crippen LogP contribution in [0.1, 0.15) is 201 Å². The number of carbonyl (C=O) groups is 3. The van der Waals surface area contributed by atoms with Crippen molar-refractivity contribution in [3.05, 3.63) is 0 Å². The molecule has 42 heavy (non-hydrogen) atoms. The fraction of sp³-hybridized carbons (Fsp3) is 0.917. The lowest BCUT2D eigenvalue weighted by atomic mass is 10.0. The average Bonchev–Trinajstić information content (AvgIpc) is 2.96. The molecule has 248 valence electrons. The van der Waals surface area contributed by atoms with Crippen molar-refractivity contribution in [1.29, 1.82) is 0 Å². The fourth-order valence-corrected chi connectivity index (χ4v) is 5.57. The smallest absolute Gasteiger partial charge is 0.329 e. The van der Waals surface area contributed by atoms with Crippen LogP contribution in [-0.2, 0) is 19.1 Å². The standard InChI is InChI=1S/C36H69NO5/c1-4-7-10-13-16-18-20-23-26-29-32(28-25-22-15-12-9-6-3)42-36(41)33(31-35(39)40)37-34(38)30-27-24-21-19-17-14-11-8-5-2/h32-33H,4-31H2,1-3H3,(H,37,38)(H,39,40)/t32?,33-/m0/s1. The number of carboxylic acid groups (broad SMARTS) is 1. The number of carbonyl (C=O) groups excluding carboxylic acids is 2. The molecule has 1 unspecified atom stereocenters. The van der Waals surface area contributed by atoms with E-state index in [0.29, 0.717) is 6.42 Å². The molecule has 0 aromatic heterocycles. The van der Waals surface area contributed by atoms with Crippen molar-refractivity contribution in [3.63, 3.8) is 0 Å². The number of hydrogen-bond acceptors (Lipinski definition) is 4. The largest absolute Gasteiger partial charge is 0.481 e. The van der Waals surface area contributed by atoms with Crippen molar-refractivity contribution in [2.75, 3.05) is 0 Å². The highest BCUT2D eigenvalue weighted by Gasteiger charge is 2.27. The Labute approximate surface area is 259 Å². The van der Waals surface area contributed by atoms with Gasteiger partial charge in [-0.15, -0.1) is 0 Å². The summed E-state index contributed by atoms with van der Waals surface area (Å²) in [5, 5.41) is 12.1. The molecular weight excluding hydrogens is 526 g/mol. The van der Waals surface area contributed by atoms with Gasteiger partial charge in [-0.05, 0) is 32.1 Å². The molecule has 6 heteroatoms. The summed E-state index contributed by atoms with van der Waals surface area (Å²) in [6, 6.07) is -1.12. The molecule has 0 saturated carbocycles.